The van der Waals surface area contributed by atoms with Crippen LogP contribution in [0, 0.1) is 12.3 Å². The van der Waals surface area contributed by atoms with Crippen molar-refractivity contribution in [2.75, 3.05) is 26.7 Å². The van der Waals surface area contributed by atoms with Crippen molar-refractivity contribution >= 4 is 26.0 Å². The van der Waals surface area contributed by atoms with E-state index in [0.717, 1.165) is 16.5 Å². The van der Waals surface area contributed by atoms with Crippen LogP contribution in [0.1, 0.15) is 18.9 Å². The SMILES string of the molecule is COc1cc(C)c(Br)cc1S(=O)(=O)N1CCC(C)(CN)C1. The van der Waals surface area contributed by atoms with E-state index in [2.05, 4.69) is 15.9 Å². The number of nitrogens with two attached hydrogens (primary N) is 1. The lowest BCUT2D eigenvalue weighted by Gasteiger charge is -2.23. The summed E-state index contributed by atoms with van der Waals surface area (Å²) >= 11 is 3.39. The molecule has 1 aliphatic heterocycles. The second-order valence-corrected chi connectivity index (χ2v) is 8.62. The number of benzene rings is 1. The maximum atomic E-state index is 12.9. The quantitative estimate of drug-likeness (QED) is 0.873. The van der Waals surface area contributed by atoms with Crippen LogP contribution in [0.3, 0.4) is 0 Å². The van der Waals surface area contributed by atoms with Crippen LogP contribution >= 0.6 is 15.9 Å². The fraction of sp³-hybridized carbons (Fsp3) is 0.571. The maximum absolute atomic E-state index is 12.9. The number of hydrogen-bond acceptors (Lipinski definition) is 4. The van der Waals surface area contributed by atoms with Gasteiger partial charge in [-0.05, 0) is 43.0 Å². The van der Waals surface area contributed by atoms with Crippen molar-refractivity contribution < 1.29 is 13.2 Å². The first-order valence-corrected chi connectivity index (χ1v) is 9.01. The summed E-state index contributed by atoms with van der Waals surface area (Å²) < 4.78 is 33.2. The number of sulfonamides is 1. The molecule has 0 bridgehead atoms. The Bertz CT molecular complexity index is 648. The van der Waals surface area contributed by atoms with Gasteiger partial charge in [0, 0.05) is 17.6 Å². The van der Waals surface area contributed by atoms with Crippen molar-refractivity contribution in [1.82, 2.24) is 4.31 Å². The minimum Gasteiger partial charge on any atom is -0.495 e. The summed E-state index contributed by atoms with van der Waals surface area (Å²) in [5.74, 6) is 0.372. The highest BCUT2D eigenvalue weighted by Gasteiger charge is 2.40. The van der Waals surface area contributed by atoms with Gasteiger partial charge < -0.3 is 10.5 Å². The Labute approximate surface area is 134 Å². The Kier molecular flexibility index (Phi) is 4.68. The topological polar surface area (TPSA) is 72.6 Å². The van der Waals surface area contributed by atoms with Gasteiger partial charge in [0.15, 0.2) is 0 Å². The molecular formula is C14H21BrN2O3S. The number of hydrogen-bond donors (Lipinski definition) is 1. The zero-order valence-corrected chi connectivity index (χ0v) is 14.9. The van der Waals surface area contributed by atoms with Gasteiger partial charge in [-0.3, -0.25) is 0 Å². The van der Waals surface area contributed by atoms with Crippen molar-refractivity contribution in [3.8, 4) is 5.75 Å². The lowest BCUT2D eigenvalue weighted by molar-refractivity contribution is 0.348. The third-order valence-electron chi connectivity index (χ3n) is 4.08. The van der Waals surface area contributed by atoms with Gasteiger partial charge in [0.1, 0.15) is 10.6 Å². The molecule has 21 heavy (non-hydrogen) atoms. The van der Waals surface area contributed by atoms with Crippen molar-refractivity contribution in [2.45, 2.75) is 25.2 Å². The van der Waals surface area contributed by atoms with Crippen LogP contribution < -0.4 is 10.5 Å². The third kappa shape index (κ3) is 3.11. The Hall–Kier alpha value is -0.630. The summed E-state index contributed by atoms with van der Waals surface area (Å²) in [6, 6.07) is 3.34. The first-order chi connectivity index (χ1) is 9.73. The zero-order valence-electron chi connectivity index (χ0n) is 12.5. The minimum atomic E-state index is -3.58. The van der Waals surface area contributed by atoms with E-state index in [1.54, 1.807) is 12.1 Å². The molecule has 0 saturated carbocycles. The largest absolute Gasteiger partial charge is 0.495 e. The zero-order chi connectivity index (χ0) is 15.8. The smallest absolute Gasteiger partial charge is 0.246 e. The molecule has 2 N–H and O–H groups in total. The molecule has 0 aromatic heterocycles. The molecule has 118 valence electrons. The molecule has 0 amide bonds. The Morgan fingerprint density at radius 2 is 2.14 bits per heavy atom. The van der Waals surface area contributed by atoms with E-state index in [1.165, 1.54) is 11.4 Å². The predicted molar refractivity (Wildman–Crippen MR) is 86.0 cm³/mol. The van der Waals surface area contributed by atoms with Crippen LogP contribution in [0.4, 0.5) is 0 Å². The van der Waals surface area contributed by atoms with Crippen molar-refractivity contribution in [3.05, 3.63) is 22.2 Å². The van der Waals surface area contributed by atoms with Gasteiger partial charge >= 0.3 is 0 Å². The third-order valence-corrected chi connectivity index (χ3v) is 6.80. The van der Waals surface area contributed by atoms with Gasteiger partial charge in [-0.15, -0.1) is 0 Å². The van der Waals surface area contributed by atoms with E-state index >= 15 is 0 Å². The summed E-state index contributed by atoms with van der Waals surface area (Å²) in [5, 5.41) is 0. The van der Waals surface area contributed by atoms with Crippen molar-refractivity contribution in [1.29, 1.82) is 0 Å². The number of methoxy groups -OCH3 is 1. The summed E-state index contributed by atoms with van der Waals surface area (Å²) in [7, 11) is -2.10. The molecule has 1 saturated heterocycles. The lowest BCUT2D eigenvalue weighted by atomic mass is 9.90. The van der Waals surface area contributed by atoms with E-state index < -0.39 is 10.0 Å². The average molecular weight is 377 g/mol. The standard InChI is InChI=1S/C14H21BrN2O3S/c1-10-6-12(20-3)13(7-11(10)15)21(18,19)17-5-4-14(2,8-16)9-17/h6-7H,4-5,8-9,16H2,1-3H3. The molecule has 1 fully saturated rings. The number of ether oxygens (including phenoxy) is 1. The van der Waals surface area contributed by atoms with Gasteiger partial charge in [0.25, 0.3) is 0 Å². The van der Waals surface area contributed by atoms with Gasteiger partial charge in [-0.1, -0.05) is 22.9 Å². The Morgan fingerprint density at radius 1 is 1.48 bits per heavy atom. The highest BCUT2D eigenvalue weighted by molar-refractivity contribution is 9.10. The lowest BCUT2D eigenvalue weighted by Crippen LogP contribution is -2.34. The molecule has 5 nitrogen and oxygen atoms in total. The monoisotopic (exact) mass is 376 g/mol. The van der Waals surface area contributed by atoms with E-state index in [1.807, 2.05) is 13.8 Å². The number of halogens is 1. The summed E-state index contributed by atoms with van der Waals surface area (Å²) in [4.78, 5) is 0.198. The minimum absolute atomic E-state index is 0.151. The number of aryl methyl sites for hydroxylation is 1. The Morgan fingerprint density at radius 3 is 2.67 bits per heavy atom. The number of nitrogens with zero attached hydrogens (tertiary/aromatic N) is 1. The second kappa shape index (κ2) is 5.87. The maximum Gasteiger partial charge on any atom is 0.246 e. The molecule has 7 heteroatoms. The van der Waals surface area contributed by atoms with Crippen LogP contribution in [0.25, 0.3) is 0 Å². The van der Waals surface area contributed by atoms with E-state index in [4.69, 9.17) is 10.5 Å². The molecule has 2 rings (SSSR count). The Balaban J connectivity index is 2.44. The molecule has 0 radical (unpaired) electrons. The summed E-state index contributed by atoms with van der Waals surface area (Å²) in [5.41, 5.74) is 6.54. The number of rotatable bonds is 4. The van der Waals surface area contributed by atoms with Gasteiger partial charge in [0.05, 0.1) is 7.11 Å². The molecule has 1 atom stereocenters. The van der Waals surface area contributed by atoms with Crippen molar-refractivity contribution in [2.24, 2.45) is 11.1 Å². The first-order valence-electron chi connectivity index (χ1n) is 6.78. The highest BCUT2D eigenvalue weighted by atomic mass is 79.9. The molecular weight excluding hydrogens is 356 g/mol. The highest BCUT2D eigenvalue weighted by Crippen LogP contribution is 2.37. The molecule has 1 unspecified atom stereocenters. The van der Waals surface area contributed by atoms with E-state index in [-0.39, 0.29) is 10.3 Å². The molecule has 1 heterocycles. The average Bonchev–Trinajstić information content (AvgIpc) is 2.85. The van der Waals surface area contributed by atoms with E-state index in [0.29, 0.717) is 25.4 Å². The fourth-order valence-electron chi connectivity index (χ4n) is 2.49. The molecule has 1 aromatic carbocycles. The van der Waals surface area contributed by atoms with Crippen LogP contribution in [-0.4, -0.2) is 39.5 Å². The van der Waals surface area contributed by atoms with Gasteiger partial charge in [-0.2, -0.15) is 4.31 Å². The van der Waals surface area contributed by atoms with Crippen molar-refractivity contribution in [3.63, 3.8) is 0 Å². The van der Waals surface area contributed by atoms with Gasteiger partial charge in [0.2, 0.25) is 10.0 Å². The van der Waals surface area contributed by atoms with E-state index in [9.17, 15) is 8.42 Å². The van der Waals surface area contributed by atoms with Crippen LogP contribution in [0.15, 0.2) is 21.5 Å². The summed E-state index contributed by atoms with van der Waals surface area (Å²) in [6.07, 6.45) is 0.776. The second-order valence-electron chi connectivity index (χ2n) is 5.86. The van der Waals surface area contributed by atoms with Crippen LogP contribution in [0.5, 0.6) is 5.75 Å². The van der Waals surface area contributed by atoms with Crippen LogP contribution in [-0.2, 0) is 10.0 Å². The first kappa shape index (κ1) is 16.7. The molecule has 0 spiro atoms. The predicted octanol–water partition coefficient (Wildman–Crippen LogP) is 2.13. The fourth-order valence-corrected chi connectivity index (χ4v) is 4.74. The normalized spacial score (nSPS) is 23.5. The molecule has 1 aliphatic rings. The molecule has 0 aliphatic carbocycles. The summed E-state index contributed by atoms with van der Waals surface area (Å²) in [6.45, 7) is 5.33. The molecule has 1 aromatic rings. The van der Waals surface area contributed by atoms with Crippen LogP contribution in [0.2, 0.25) is 0 Å². The van der Waals surface area contributed by atoms with Gasteiger partial charge in [-0.25, -0.2) is 8.42 Å².